The van der Waals surface area contributed by atoms with Gasteiger partial charge in [-0.1, -0.05) is 48.0 Å². The number of anilines is 1. The van der Waals surface area contributed by atoms with Crippen molar-refractivity contribution in [2.45, 2.75) is 13.5 Å². The average molecular weight is 421 g/mol. The van der Waals surface area contributed by atoms with Crippen molar-refractivity contribution in [2.75, 3.05) is 5.01 Å². The molecular weight excluding hydrogens is 403 g/mol. The molecule has 4 rings (SSSR count). The van der Waals surface area contributed by atoms with E-state index in [2.05, 4.69) is 5.10 Å². The lowest BCUT2D eigenvalue weighted by atomic mass is 10.1. The van der Waals surface area contributed by atoms with E-state index in [1.807, 2.05) is 30.3 Å². The third kappa shape index (κ3) is 4.11. The van der Waals surface area contributed by atoms with E-state index < -0.39 is 0 Å². The second-order valence-electron chi connectivity index (χ2n) is 6.76. The van der Waals surface area contributed by atoms with Gasteiger partial charge in [0.05, 0.1) is 17.0 Å². The number of hydrazone groups is 1. The fourth-order valence-electron chi connectivity index (χ4n) is 3.12. The first kappa shape index (κ1) is 19.9. The molecule has 0 aromatic heterocycles. The Kier molecular flexibility index (Phi) is 5.63. The lowest BCUT2D eigenvalue weighted by Gasteiger charge is -2.12. The molecule has 1 amide bonds. The van der Waals surface area contributed by atoms with Crippen molar-refractivity contribution in [3.05, 3.63) is 100 Å². The fraction of sp³-hybridized carbons (Fsp3) is 0.0833. The van der Waals surface area contributed by atoms with Crippen molar-refractivity contribution in [3.8, 4) is 5.75 Å². The van der Waals surface area contributed by atoms with Gasteiger partial charge in [0.2, 0.25) is 0 Å². The van der Waals surface area contributed by atoms with Crippen molar-refractivity contribution in [2.24, 2.45) is 5.10 Å². The second-order valence-corrected chi connectivity index (χ2v) is 7.19. The normalized spacial score (nSPS) is 14.9. The zero-order valence-electron chi connectivity index (χ0n) is 16.2. The van der Waals surface area contributed by atoms with Crippen LogP contribution in [0.2, 0.25) is 5.02 Å². The monoisotopic (exact) mass is 420 g/mol. The van der Waals surface area contributed by atoms with Gasteiger partial charge in [-0.2, -0.15) is 10.1 Å². The SMILES string of the molecule is CC1=NN(c2ccccc2)C(=O)/C1=C/c1cc(Cl)ccc1OCc1ccccc1F. The zero-order valence-corrected chi connectivity index (χ0v) is 16.9. The summed E-state index contributed by atoms with van der Waals surface area (Å²) in [5, 5.41) is 6.25. The van der Waals surface area contributed by atoms with Gasteiger partial charge in [0.1, 0.15) is 18.2 Å². The molecule has 30 heavy (non-hydrogen) atoms. The van der Waals surface area contributed by atoms with Crippen LogP contribution in [0.5, 0.6) is 5.75 Å². The third-order valence-corrected chi connectivity index (χ3v) is 4.91. The molecule has 3 aromatic rings. The van der Waals surface area contributed by atoms with Gasteiger partial charge in [-0.05, 0) is 49.4 Å². The van der Waals surface area contributed by atoms with Crippen LogP contribution in [0.25, 0.3) is 6.08 Å². The molecule has 0 atom stereocenters. The number of carbonyl (C=O) groups is 1. The molecule has 0 spiro atoms. The van der Waals surface area contributed by atoms with Crippen LogP contribution < -0.4 is 9.75 Å². The van der Waals surface area contributed by atoms with Crippen LogP contribution >= 0.6 is 11.6 Å². The van der Waals surface area contributed by atoms with Crippen LogP contribution in [-0.2, 0) is 11.4 Å². The number of hydrogen-bond acceptors (Lipinski definition) is 3. The minimum absolute atomic E-state index is 0.0572. The molecule has 0 bridgehead atoms. The Labute approximate surface area is 178 Å². The lowest BCUT2D eigenvalue weighted by Crippen LogP contribution is -2.21. The highest BCUT2D eigenvalue weighted by molar-refractivity contribution is 6.33. The predicted molar refractivity (Wildman–Crippen MR) is 117 cm³/mol. The standard InChI is InChI=1S/C24H18ClFN2O2/c1-16-21(24(29)28(27-16)20-8-3-2-4-9-20)14-18-13-19(25)11-12-23(18)30-15-17-7-5-6-10-22(17)26/h2-14H,15H2,1H3/b21-14+. The molecule has 1 heterocycles. The summed E-state index contributed by atoms with van der Waals surface area (Å²) in [5.74, 6) is -0.0773. The number of benzene rings is 3. The maximum absolute atomic E-state index is 13.9. The Hall–Kier alpha value is -3.44. The van der Waals surface area contributed by atoms with E-state index in [1.165, 1.54) is 11.1 Å². The quantitative estimate of drug-likeness (QED) is 0.485. The first-order valence-electron chi connectivity index (χ1n) is 9.35. The Morgan fingerprint density at radius 3 is 2.57 bits per heavy atom. The van der Waals surface area contributed by atoms with Gasteiger partial charge in [0.15, 0.2) is 0 Å². The molecule has 1 aliphatic heterocycles. The average Bonchev–Trinajstić information content (AvgIpc) is 3.03. The van der Waals surface area contributed by atoms with E-state index in [0.29, 0.717) is 38.9 Å². The molecule has 0 saturated carbocycles. The number of nitrogens with zero attached hydrogens (tertiary/aromatic N) is 2. The molecule has 1 aliphatic rings. The van der Waals surface area contributed by atoms with E-state index in [9.17, 15) is 9.18 Å². The van der Waals surface area contributed by atoms with Crippen LogP contribution in [0, 0.1) is 5.82 Å². The van der Waals surface area contributed by atoms with Gasteiger partial charge >= 0.3 is 0 Å². The van der Waals surface area contributed by atoms with Crippen molar-refractivity contribution in [3.63, 3.8) is 0 Å². The molecule has 0 saturated heterocycles. The maximum Gasteiger partial charge on any atom is 0.280 e. The highest BCUT2D eigenvalue weighted by Crippen LogP contribution is 2.30. The fourth-order valence-corrected chi connectivity index (χ4v) is 3.30. The first-order chi connectivity index (χ1) is 14.5. The van der Waals surface area contributed by atoms with Gasteiger partial charge in [-0.25, -0.2) is 4.39 Å². The lowest BCUT2D eigenvalue weighted by molar-refractivity contribution is -0.114. The third-order valence-electron chi connectivity index (χ3n) is 4.68. The number of rotatable bonds is 5. The van der Waals surface area contributed by atoms with E-state index in [4.69, 9.17) is 16.3 Å². The molecule has 0 fully saturated rings. The minimum Gasteiger partial charge on any atom is -0.488 e. The van der Waals surface area contributed by atoms with Crippen LogP contribution in [0.15, 0.2) is 83.5 Å². The summed E-state index contributed by atoms with van der Waals surface area (Å²) in [6.45, 7) is 1.83. The van der Waals surface area contributed by atoms with E-state index >= 15 is 0 Å². The number of hydrogen-bond donors (Lipinski definition) is 0. The summed E-state index contributed by atoms with van der Waals surface area (Å²) >= 11 is 6.17. The Morgan fingerprint density at radius 1 is 1.07 bits per heavy atom. The highest BCUT2D eigenvalue weighted by atomic mass is 35.5. The summed E-state index contributed by atoms with van der Waals surface area (Å²) in [4.78, 5) is 13.0. The molecule has 0 aliphatic carbocycles. The number of para-hydroxylation sites is 1. The second kappa shape index (κ2) is 8.51. The molecular formula is C24H18ClFN2O2. The first-order valence-corrected chi connectivity index (χ1v) is 9.73. The Morgan fingerprint density at radius 2 is 1.80 bits per heavy atom. The maximum atomic E-state index is 13.9. The largest absolute Gasteiger partial charge is 0.488 e. The molecule has 6 heteroatoms. The number of ether oxygens (including phenoxy) is 1. The van der Waals surface area contributed by atoms with Gasteiger partial charge in [0.25, 0.3) is 5.91 Å². The Balaban J connectivity index is 1.63. The molecule has 3 aromatic carbocycles. The van der Waals surface area contributed by atoms with Gasteiger partial charge < -0.3 is 4.74 Å². The molecule has 0 N–H and O–H groups in total. The van der Waals surface area contributed by atoms with Gasteiger partial charge in [-0.3, -0.25) is 4.79 Å². The molecule has 0 radical (unpaired) electrons. The van der Waals surface area contributed by atoms with E-state index in [-0.39, 0.29) is 18.3 Å². The van der Waals surface area contributed by atoms with Crippen LogP contribution in [-0.4, -0.2) is 11.6 Å². The Bertz CT molecular complexity index is 1160. The number of amides is 1. The summed E-state index contributed by atoms with van der Waals surface area (Å²) < 4.78 is 19.8. The predicted octanol–water partition coefficient (Wildman–Crippen LogP) is 5.86. The summed E-state index contributed by atoms with van der Waals surface area (Å²) in [7, 11) is 0. The van der Waals surface area contributed by atoms with E-state index in [1.54, 1.807) is 49.4 Å². The summed E-state index contributed by atoms with van der Waals surface area (Å²) in [6, 6.07) is 20.7. The van der Waals surface area contributed by atoms with Crippen molar-refractivity contribution in [1.82, 2.24) is 0 Å². The van der Waals surface area contributed by atoms with Gasteiger partial charge in [-0.15, -0.1) is 0 Å². The highest BCUT2D eigenvalue weighted by Gasteiger charge is 2.28. The molecule has 4 nitrogen and oxygen atoms in total. The summed E-state index contributed by atoms with van der Waals surface area (Å²) in [5.41, 5.74) is 2.77. The van der Waals surface area contributed by atoms with Crippen molar-refractivity contribution >= 4 is 35.0 Å². The van der Waals surface area contributed by atoms with Crippen LogP contribution in [0.3, 0.4) is 0 Å². The van der Waals surface area contributed by atoms with Crippen LogP contribution in [0.1, 0.15) is 18.1 Å². The number of carbonyl (C=O) groups excluding carboxylic acids is 1. The summed E-state index contributed by atoms with van der Waals surface area (Å²) in [6.07, 6.45) is 1.70. The van der Waals surface area contributed by atoms with Crippen LogP contribution in [0.4, 0.5) is 10.1 Å². The number of halogens is 2. The topological polar surface area (TPSA) is 41.9 Å². The van der Waals surface area contributed by atoms with E-state index in [0.717, 1.165) is 0 Å². The molecule has 0 unspecified atom stereocenters. The van der Waals surface area contributed by atoms with Gasteiger partial charge in [0, 0.05) is 16.1 Å². The smallest absolute Gasteiger partial charge is 0.280 e. The van der Waals surface area contributed by atoms with Crippen molar-refractivity contribution in [1.29, 1.82) is 0 Å². The minimum atomic E-state index is -0.334. The zero-order chi connectivity index (χ0) is 21.1. The van der Waals surface area contributed by atoms with Crippen molar-refractivity contribution < 1.29 is 13.9 Å². The molecule has 150 valence electrons.